The van der Waals surface area contributed by atoms with Gasteiger partial charge in [0.1, 0.15) is 5.82 Å². The summed E-state index contributed by atoms with van der Waals surface area (Å²) in [4.78, 5) is 22.6. The van der Waals surface area contributed by atoms with E-state index >= 15 is 0 Å². The van der Waals surface area contributed by atoms with E-state index in [-0.39, 0.29) is 6.03 Å². The van der Waals surface area contributed by atoms with E-state index in [4.69, 9.17) is 5.41 Å². The first-order valence-corrected chi connectivity index (χ1v) is 8.47. The van der Waals surface area contributed by atoms with E-state index in [1.807, 2.05) is 19.1 Å². The van der Waals surface area contributed by atoms with Gasteiger partial charge in [-0.2, -0.15) is 0 Å². The van der Waals surface area contributed by atoms with Crippen LogP contribution in [0, 0.1) is 18.3 Å². The lowest BCUT2D eigenvalue weighted by Crippen LogP contribution is -2.49. The normalized spacial score (nSPS) is 14.4. The van der Waals surface area contributed by atoms with E-state index in [0.29, 0.717) is 29.5 Å². The van der Waals surface area contributed by atoms with Gasteiger partial charge in [-0.1, -0.05) is 0 Å². The van der Waals surface area contributed by atoms with Crippen LogP contribution in [0.3, 0.4) is 0 Å². The predicted octanol–water partition coefficient (Wildman–Crippen LogP) is 2.21. The third kappa shape index (κ3) is 4.54. The largest absolute Gasteiger partial charge is 0.354 e. The number of aromatic nitrogens is 2. The fourth-order valence-corrected chi connectivity index (χ4v) is 2.90. The van der Waals surface area contributed by atoms with Crippen molar-refractivity contribution in [1.82, 2.24) is 20.2 Å². The van der Waals surface area contributed by atoms with Gasteiger partial charge in [0, 0.05) is 54.9 Å². The summed E-state index contributed by atoms with van der Waals surface area (Å²) in [6.45, 7) is 4.57. The fourth-order valence-electron chi connectivity index (χ4n) is 2.90. The summed E-state index contributed by atoms with van der Waals surface area (Å²) in [5, 5.41) is 16.4. The van der Waals surface area contributed by atoms with Crippen molar-refractivity contribution in [3.63, 3.8) is 0 Å². The molecule has 0 unspecified atom stereocenters. The molecule has 4 N–H and O–H groups in total. The minimum absolute atomic E-state index is 0.284. The summed E-state index contributed by atoms with van der Waals surface area (Å²) < 4.78 is 0. The second-order valence-corrected chi connectivity index (χ2v) is 6.53. The third-order valence-electron chi connectivity index (χ3n) is 4.20. The van der Waals surface area contributed by atoms with Gasteiger partial charge in [-0.15, -0.1) is 0 Å². The van der Waals surface area contributed by atoms with Crippen molar-refractivity contribution < 1.29 is 4.79 Å². The molecule has 2 aromatic rings. The van der Waals surface area contributed by atoms with Crippen LogP contribution in [-0.2, 0) is 0 Å². The number of urea groups is 1. The molecule has 26 heavy (non-hydrogen) atoms. The van der Waals surface area contributed by atoms with E-state index in [9.17, 15) is 4.79 Å². The van der Waals surface area contributed by atoms with Crippen LogP contribution in [0.5, 0.6) is 0 Å². The molecule has 8 nitrogen and oxygen atoms in total. The average molecular weight is 353 g/mol. The second kappa shape index (κ2) is 7.92. The molecule has 0 atom stereocenters. The smallest absolute Gasteiger partial charge is 0.320 e. The molecule has 0 spiro atoms. The van der Waals surface area contributed by atoms with Gasteiger partial charge < -0.3 is 20.9 Å². The highest BCUT2D eigenvalue weighted by Crippen LogP contribution is 2.21. The van der Waals surface area contributed by atoms with Crippen LogP contribution < -0.4 is 16.0 Å². The maximum Gasteiger partial charge on any atom is 0.320 e. The molecule has 0 bridgehead atoms. The van der Waals surface area contributed by atoms with Crippen molar-refractivity contribution in [3.8, 4) is 0 Å². The van der Waals surface area contributed by atoms with Crippen LogP contribution in [-0.4, -0.2) is 53.8 Å². The van der Waals surface area contributed by atoms with Crippen molar-refractivity contribution in [3.05, 3.63) is 41.9 Å². The van der Waals surface area contributed by atoms with Crippen LogP contribution in [0.4, 0.5) is 22.0 Å². The Labute approximate surface area is 152 Å². The molecule has 1 fully saturated rings. The van der Waals surface area contributed by atoms with Gasteiger partial charge in [0.25, 0.3) is 0 Å². The topological polar surface area (TPSA) is 106 Å². The number of nitrogens with one attached hydrogen (secondary N) is 4. The molecular formula is C18H23N7O. The second-order valence-electron chi connectivity index (χ2n) is 6.53. The average Bonchev–Trinajstić information content (AvgIpc) is 2.59. The van der Waals surface area contributed by atoms with Crippen LogP contribution in [0.2, 0.25) is 0 Å². The SMILES string of the molecule is Cc1cc(Nc2cnc(NC(=O)NCC3CN(C)C3)cc2C=N)ccn1. The van der Waals surface area contributed by atoms with E-state index in [2.05, 4.69) is 37.9 Å². The standard InChI is InChI=1S/C18H23N7O/c1-12-5-15(3-4-20-12)23-16-9-21-17(6-14(16)7-19)24-18(26)22-8-13-10-25(2)11-13/h3-7,9,13,19H,8,10-11H2,1-2H3,(H,20,23)(H2,21,22,24,26). The van der Waals surface area contributed by atoms with Gasteiger partial charge in [-0.3, -0.25) is 10.3 Å². The number of rotatable bonds is 6. The lowest BCUT2D eigenvalue weighted by Gasteiger charge is -2.36. The third-order valence-corrected chi connectivity index (χ3v) is 4.20. The van der Waals surface area contributed by atoms with Crippen LogP contribution in [0.1, 0.15) is 11.3 Å². The maximum absolute atomic E-state index is 12.0. The first kappa shape index (κ1) is 17.8. The molecule has 0 aliphatic carbocycles. The molecule has 3 rings (SSSR count). The van der Waals surface area contributed by atoms with Gasteiger partial charge in [0.2, 0.25) is 0 Å². The maximum atomic E-state index is 12.0. The molecule has 0 saturated carbocycles. The first-order valence-electron chi connectivity index (χ1n) is 8.47. The summed E-state index contributed by atoms with van der Waals surface area (Å²) in [7, 11) is 2.06. The summed E-state index contributed by atoms with van der Waals surface area (Å²) in [5.41, 5.74) is 3.08. The molecule has 3 heterocycles. The van der Waals surface area contributed by atoms with Gasteiger partial charge in [0.15, 0.2) is 0 Å². The Hall–Kier alpha value is -3.00. The molecule has 136 valence electrons. The number of amides is 2. The summed E-state index contributed by atoms with van der Waals surface area (Å²) >= 11 is 0. The Morgan fingerprint density at radius 2 is 2.19 bits per heavy atom. The van der Waals surface area contributed by atoms with E-state index in [1.54, 1.807) is 18.5 Å². The molecule has 0 radical (unpaired) electrons. The zero-order valence-corrected chi connectivity index (χ0v) is 14.9. The van der Waals surface area contributed by atoms with Crippen LogP contribution in [0.25, 0.3) is 0 Å². The van der Waals surface area contributed by atoms with Crippen LogP contribution >= 0.6 is 0 Å². The molecule has 0 aromatic carbocycles. The van der Waals surface area contributed by atoms with Crippen molar-refractivity contribution in [1.29, 1.82) is 5.41 Å². The van der Waals surface area contributed by atoms with Crippen molar-refractivity contribution >= 4 is 29.4 Å². The Kier molecular flexibility index (Phi) is 5.43. The van der Waals surface area contributed by atoms with E-state index < -0.39 is 0 Å². The number of pyridine rings is 2. The number of hydrogen-bond acceptors (Lipinski definition) is 6. The minimum atomic E-state index is -0.284. The van der Waals surface area contributed by atoms with E-state index in [0.717, 1.165) is 24.5 Å². The number of hydrogen-bond donors (Lipinski definition) is 4. The van der Waals surface area contributed by atoms with Crippen molar-refractivity contribution in [2.45, 2.75) is 6.92 Å². The monoisotopic (exact) mass is 353 g/mol. The molecule has 1 saturated heterocycles. The molecule has 2 amide bonds. The highest BCUT2D eigenvalue weighted by molar-refractivity contribution is 5.92. The number of likely N-dealkylation sites (tertiary alicyclic amines) is 1. The Balaban J connectivity index is 1.60. The van der Waals surface area contributed by atoms with Gasteiger partial charge in [0.05, 0.1) is 11.9 Å². The quantitative estimate of drug-likeness (QED) is 0.596. The van der Waals surface area contributed by atoms with Crippen molar-refractivity contribution in [2.24, 2.45) is 5.92 Å². The van der Waals surface area contributed by atoms with E-state index in [1.165, 1.54) is 6.21 Å². The molecule has 1 aliphatic heterocycles. The molecular weight excluding hydrogens is 330 g/mol. The summed E-state index contributed by atoms with van der Waals surface area (Å²) in [6, 6.07) is 5.14. The van der Waals surface area contributed by atoms with Crippen molar-refractivity contribution in [2.75, 3.05) is 37.3 Å². The predicted molar refractivity (Wildman–Crippen MR) is 102 cm³/mol. The summed E-state index contributed by atoms with van der Waals surface area (Å²) in [5.74, 6) is 0.912. The lowest BCUT2D eigenvalue weighted by molar-refractivity contribution is 0.134. The minimum Gasteiger partial charge on any atom is -0.354 e. The first-order chi connectivity index (χ1) is 12.5. The zero-order valence-electron chi connectivity index (χ0n) is 14.9. The number of aryl methyl sites for hydroxylation is 1. The summed E-state index contributed by atoms with van der Waals surface area (Å²) in [6.07, 6.45) is 4.55. The fraction of sp³-hybridized carbons (Fsp3) is 0.333. The highest BCUT2D eigenvalue weighted by atomic mass is 16.2. The van der Waals surface area contributed by atoms with Crippen LogP contribution in [0.15, 0.2) is 30.6 Å². The van der Waals surface area contributed by atoms with Gasteiger partial charge in [-0.05, 0) is 32.2 Å². The Bertz CT molecular complexity index is 802. The van der Waals surface area contributed by atoms with Gasteiger partial charge >= 0.3 is 6.03 Å². The number of carbonyl (C=O) groups excluding carboxylic acids is 1. The highest BCUT2D eigenvalue weighted by Gasteiger charge is 2.23. The Morgan fingerprint density at radius 3 is 2.88 bits per heavy atom. The molecule has 8 heteroatoms. The molecule has 2 aromatic heterocycles. The van der Waals surface area contributed by atoms with Gasteiger partial charge in [-0.25, -0.2) is 9.78 Å². The Morgan fingerprint density at radius 1 is 1.38 bits per heavy atom. The zero-order chi connectivity index (χ0) is 18.5. The molecule has 1 aliphatic rings. The number of carbonyl (C=O) groups is 1. The lowest BCUT2D eigenvalue weighted by atomic mass is 10.0. The number of nitrogens with zero attached hydrogens (tertiary/aromatic N) is 3. The number of anilines is 3.